The second-order valence-corrected chi connectivity index (χ2v) is 7.18. The summed E-state index contributed by atoms with van der Waals surface area (Å²) in [6.07, 6.45) is 1.59. The van der Waals surface area contributed by atoms with Crippen molar-refractivity contribution in [1.82, 2.24) is 9.78 Å². The minimum Gasteiger partial charge on any atom is -0.321 e. The van der Waals surface area contributed by atoms with Gasteiger partial charge in [0.1, 0.15) is 11.6 Å². The molecule has 0 aliphatic heterocycles. The van der Waals surface area contributed by atoms with Crippen LogP contribution in [0.3, 0.4) is 0 Å². The predicted molar refractivity (Wildman–Crippen MR) is 116 cm³/mol. The number of benzene rings is 2. The lowest BCUT2D eigenvalue weighted by atomic mass is 10.1. The number of carbonyl (C=O) groups is 1. The van der Waals surface area contributed by atoms with Crippen LogP contribution in [0.5, 0.6) is 0 Å². The smallest absolute Gasteiger partial charge is 0.266 e. The van der Waals surface area contributed by atoms with E-state index in [0.717, 1.165) is 28.1 Å². The summed E-state index contributed by atoms with van der Waals surface area (Å²) in [5.41, 5.74) is 4.95. The molecule has 3 rings (SSSR count). The van der Waals surface area contributed by atoms with Gasteiger partial charge in [0.25, 0.3) is 5.91 Å². The van der Waals surface area contributed by atoms with Crippen molar-refractivity contribution in [1.29, 1.82) is 5.26 Å². The number of amides is 1. The molecule has 146 valence electrons. The van der Waals surface area contributed by atoms with Gasteiger partial charge >= 0.3 is 0 Å². The molecule has 2 aromatic carbocycles. The summed E-state index contributed by atoms with van der Waals surface area (Å²) < 4.78 is 1.83. The molecule has 0 radical (unpaired) electrons. The standard InChI is InChI=1S/C23H21ClN4O/c1-15-8-4-7-11-22(15)26-23(29)19(13-25)12-20-16(2)27-28(17(20)3)14-18-9-5-6-10-21(18)24/h4-12H,14H2,1-3H3,(H,26,29)/b19-12+. The van der Waals surface area contributed by atoms with Crippen LogP contribution in [-0.2, 0) is 11.3 Å². The number of para-hydroxylation sites is 1. The molecule has 0 aliphatic carbocycles. The molecule has 0 saturated carbocycles. The Morgan fingerprint density at radius 3 is 2.55 bits per heavy atom. The number of carbonyl (C=O) groups excluding carboxylic acids is 1. The van der Waals surface area contributed by atoms with Crippen LogP contribution in [0, 0.1) is 32.1 Å². The minimum atomic E-state index is -0.445. The van der Waals surface area contributed by atoms with Crippen LogP contribution in [0.1, 0.15) is 28.1 Å². The van der Waals surface area contributed by atoms with E-state index in [1.807, 2.05) is 74.0 Å². The number of nitriles is 1. The highest BCUT2D eigenvalue weighted by molar-refractivity contribution is 6.31. The van der Waals surface area contributed by atoms with Gasteiger partial charge in [0, 0.05) is 22.0 Å². The summed E-state index contributed by atoms with van der Waals surface area (Å²) in [5, 5.41) is 17.6. The highest BCUT2D eigenvalue weighted by Crippen LogP contribution is 2.22. The van der Waals surface area contributed by atoms with Gasteiger partial charge in [-0.3, -0.25) is 9.48 Å². The Bertz CT molecular complexity index is 1140. The lowest BCUT2D eigenvalue weighted by Crippen LogP contribution is -2.14. The fourth-order valence-electron chi connectivity index (χ4n) is 3.06. The van der Waals surface area contributed by atoms with E-state index in [1.165, 1.54) is 0 Å². The molecule has 0 unspecified atom stereocenters. The van der Waals surface area contributed by atoms with Crippen LogP contribution in [0.25, 0.3) is 6.08 Å². The zero-order chi connectivity index (χ0) is 21.0. The van der Waals surface area contributed by atoms with Crippen LogP contribution in [-0.4, -0.2) is 15.7 Å². The topological polar surface area (TPSA) is 70.7 Å². The minimum absolute atomic E-state index is 0.0248. The summed E-state index contributed by atoms with van der Waals surface area (Å²) in [5.74, 6) is -0.445. The van der Waals surface area contributed by atoms with E-state index in [1.54, 1.807) is 12.1 Å². The Hall–Kier alpha value is -3.36. The van der Waals surface area contributed by atoms with Gasteiger partial charge in [-0.25, -0.2) is 0 Å². The maximum absolute atomic E-state index is 12.6. The van der Waals surface area contributed by atoms with E-state index in [9.17, 15) is 10.1 Å². The van der Waals surface area contributed by atoms with Gasteiger partial charge in [-0.05, 0) is 50.1 Å². The third-order valence-electron chi connectivity index (χ3n) is 4.76. The van der Waals surface area contributed by atoms with Gasteiger partial charge in [0.15, 0.2) is 0 Å². The first-order valence-corrected chi connectivity index (χ1v) is 9.54. The van der Waals surface area contributed by atoms with Crippen molar-refractivity contribution in [2.24, 2.45) is 0 Å². The van der Waals surface area contributed by atoms with Crippen molar-refractivity contribution in [2.75, 3.05) is 5.32 Å². The fourth-order valence-corrected chi connectivity index (χ4v) is 3.25. The normalized spacial score (nSPS) is 11.2. The molecule has 1 N–H and O–H groups in total. The van der Waals surface area contributed by atoms with E-state index >= 15 is 0 Å². The molecule has 6 heteroatoms. The molecule has 1 aromatic heterocycles. The lowest BCUT2D eigenvalue weighted by molar-refractivity contribution is -0.112. The summed E-state index contributed by atoms with van der Waals surface area (Å²) >= 11 is 6.26. The summed E-state index contributed by atoms with van der Waals surface area (Å²) in [6.45, 7) is 6.18. The molecule has 0 bridgehead atoms. The van der Waals surface area contributed by atoms with E-state index in [2.05, 4.69) is 10.4 Å². The maximum Gasteiger partial charge on any atom is 0.266 e. The lowest BCUT2D eigenvalue weighted by Gasteiger charge is -2.08. The highest BCUT2D eigenvalue weighted by Gasteiger charge is 2.16. The Balaban J connectivity index is 1.89. The van der Waals surface area contributed by atoms with Crippen molar-refractivity contribution >= 4 is 29.3 Å². The number of halogens is 1. The van der Waals surface area contributed by atoms with E-state index in [-0.39, 0.29) is 5.57 Å². The van der Waals surface area contributed by atoms with E-state index in [0.29, 0.717) is 17.3 Å². The maximum atomic E-state index is 12.6. The second-order valence-electron chi connectivity index (χ2n) is 6.77. The molecule has 5 nitrogen and oxygen atoms in total. The van der Waals surface area contributed by atoms with Gasteiger partial charge in [-0.1, -0.05) is 48.0 Å². The Morgan fingerprint density at radius 1 is 1.17 bits per heavy atom. The Labute approximate surface area is 175 Å². The average molecular weight is 405 g/mol. The van der Waals surface area contributed by atoms with Crippen LogP contribution in [0.2, 0.25) is 5.02 Å². The van der Waals surface area contributed by atoms with Gasteiger partial charge in [-0.15, -0.1) is 0 Å². The highest BCUT2D eigenvalue weighted by atomic mass is 35.5. The third-order valence-corrected chi connectivity index (χ3v) is 5.13. The van der Waals surface area contributed by atoms with E-state index in [4.69, 9.17) is 11.6 Å². The Kier molecular flexibility index (Phi) is 6.16. The number of aromatic nitrogens is 2. The molecular formula is C23H21ClN4O. The van der Waals surface area contributed by atoms with Crippen molar-refractivity contribution < 1.29 is 4.79 Å². The van der Waals surface area contributed by atoms with Crippen molar-refractivity contribution in [2.45, 2.75) is 27.3 Å². The number of rotatable bonds is 5. The molecule has 0 aliphatic rings. The van der Waals surface area contributed by atoms with Gasteiger partial charge in [0.05, 0.1) is 12.2 Å². The molecule has 0 spiro atoms. The molecule has 1 amide bonds. The van der Waals surface area contributed by atoms with Gasteiger partial charge in [0.2, 0.25) is 0 Å². The average Bonchev–Trinajstić information content (AvgIpc) is 2.96. The van der Waals surface area contributed by atoms with Crippen LogP contribution >= 0.6 is 11.6 Å². The van der Waals surface area contributed by atoms with Crippen molar-refractivity contribution in [3.8, 4) is 6.07 Å². The monoisotopic (exact) mass is 404 g/mol. The summed E-state index contributed by atoms with van der Waals surface area (Å²) in [4.78, 5) is 12.6. The second kappa shape index (κ2) is 8.76. The molecule has 1 heterocycles. The SMILES string of the molecule is Cc1ccccc1NC(=O)/C(C#N)=C/c1c(C)nn(Cc2ccccc2Cl)c1C. The van der Waals surface area contributed by atoms with E-state index < -0.39 is 5.91 Å². The van der Waals surface area contributed by atoms with Crippen molar-refractivity contribution in [3.63, 3.8) is 0 Å². The number of nitrogens with zero attached hydrogens (tertiary/aromatic N) is 3. The zero-order valence-electron chi connectivity index (χ0n) is 16.5. The molecule has 0 atom stereocenters. The molecular weight excluding hydrogens is 384 g/mol. The van der Waals surface area contributed by atoms with Crippen LogP contribution < -0.4 is 5.32 Å². The number of hydrogen-bond acceptors (Lipinski definition) is 3. The van der Waals surface area contributed by atoms with Crippen LogP contribution in [0.15, 0.2) is 54.1 Å². The first-order chi connectivity index (χ1) is 13.9. The first kappa shape index (κ1) is 20.4. The molecule has 0 saturated heterocycles. The Morgan fingerprint density at radius 2 is 1.86 bits per heavy atom. The predicted octanol–water partition coefficient (Wildman–Crippen LogP) is 5.06. The summed E-state index contributed by atoms with van der Waals surface area (Å²) in [7, 11) is 0. The number of aryl methyl sites for hydroxylation is 2. The first-order valence-electron chi connectivity index (χ1n) is 9.17. The van der Waals surface area contributed by atoms with Gasteiger partial charge < -0.3 is 5.32 Å². The summed E-state index contributed by atoms with van der Waals surface area (Å²) in [6, 6.07) is 17.0. The fraction of sp³-hybridized carbons (Fsp3) is 0.174. The van der Waals surface area contributed by atoms with Crippen LogP contribution in [0.4, 0.5) is 5.69 Å². The molecule has 29 heavy (non-hydrogen) atoms. The zero-order valence-corrected chi connectivity index (χ0v) is 17.3. The third kappa shape index (κ3) is 4.56. The number of anilines is 1. The van der Waals surface area contributed by atoms with Crippen molar-refractivity contribution in [3.05, 3.63) is 87.2 Å². The largest absolute Gasteiger partial charge is 0.321 e. The molecule has 3 aromatic rings. The van der Waals surface area contributed by atoms with Gasteiger partial charge in [-0.2, -0.15) is 10.4 Å². The molecule has 0 fully saturated rings. The number of hydrogen-bond donors (Lipinski definition) is 1. The quantitative estimate of drug-likeness (QED) is 0.477. The number of nitrogens with one attached hydrogen (secondary N) is 1.